The Morgan fingerprint density at radius 3 is 2.11 bits per heavy atom. The van der Waals surface area contributed by atoms with E-state index < -0.39 is 5.41 Å². The summed E-state index contributed by atoms with van der Waals surface area (Å²) in [7, 11) is 0. The zero-order chi connectivity index (χ0) is 13.6. The van der Waals surface area contributed by atoms with Gasteiger partial charge in [0.25, 0.3) is 0 Å². The van der Waals surface area contributed by atoms with Gasteiger partial charge in [-0.1, -0.05) is 13.0 Å². The van der Waals surface area contributed by atoms with Crippen LogP contribution >= 0.6 is 0 Å². The fourth-order valence-corrected chi connectivity index (χ4v) is 1.60. The van der Waals surface area contributed by atoms with Gasteiger partial charge in [0, 0.05) is 44.2 Å². The third-order valence-corrected chi connectivity index (χ3v) is 2.74. The van der Waals surface area contributed by atoms with E-state index in [1.807, 2.05) is 25.1 Å². The van der Waals surface area contributed by atoms with Crippen LogP contribution in [0.3, 0.4) is 0 Å². The Kier molecular flexibility index (Phi) is 4.83. The molecule has 0 saturated heterocycles. The first-order chi connectivity index (χ1) is 8.44. The van der Waals surface area contributed by atoms with Crippen LogP contribution in [0.15, 0.2) is 24.4 Å². The van der Waals surface area contributed by atoms with Crippen molar-refractivity contribution in [2.24, 2.45) is 0 Å². The summed E-state index contributed by atoms with van der Waals surface area (Å²) in [5.41, 5.74) is 0.422. The summed E-state index contributed by atoms with van der Waals surface area (Å²) >= 11 is 0. The van der Waals surface area contributed by atoms with E-state index in [4.69, 9.17) is 0 Å². The second-order valence-corrected chi connectivity index (χ2v) is 4.60. The highest BCUT2D eigenvalue weighted by Gasteiger charge is 2.28. The molecule has 0 saturated carbocycles. The number of hydrogen-bond acceptors (Lipinski definition) is 3. The van der Waals surface area contributed by atoms with E-state index >= 15 is 0 Å². The third kappa shape index (κ3) is 4.16. The molecule has 0 bridgehead atoms. The molecule has 1 aromatic rings. The molecule has 0 aliphatic rings. The molecule has 0 unspecified atom stereocenters. The highest BCUT2D eigenvalue weighted by Crippen LogP contribution is 2.19. The summed E-state index contributed by atoms with van der Waals surface area (Å²) in [6.07, 6.45) is 1.70. The fourth-order valence-electron chi connectivity index (χ4n) is 1.60. The molecule has 0 spiro atoms. The molecule has 2 N–H and O–H groups in total. The second kappa shape index (κ2) is 6.14. The largest absolute Gasteiger partial charge is 0.355 e. The number of aromatic nitrogens is 1. The predicted octanol–water partition coefficient (Wildman–Crippen LogP) is 0.611. The van der Waals surface area contributed by atoms with E-state index in [-0.39, 0.29) is 11.8 Å². The van der Waals surface area contributed by atoms with Crippen molar-refractivity contribution in [3.8, 4) is 0 Å². The highest BCUT2D eigenvalue weighted by molar-refractivity contribution is 5.73. The second-order valence-electron chi connectivity index (χ2n) is 4.60. The topological polar surface area (TPSA) is 71.1 Å². The molecule has 1 aromatic heterocycles. The molecule has 0 aliphatic heterocycles. The third-order valence-electron chi connectivity index (χ3n) is 2.74. The van der Waals surface area contributed by atoms with E-state index in [2.05, 4.69) is 15.6 Å². The molecule has 1 rings (SSSR count). The van der Waals surface area contributed by atoms with Crippen LogP contribution in [0.2, 0.25) is 0 Å². The van der Waals surface area contributed by atoms with E-state index in [0.717, 1.165) is 5.69 Å². The van der Waals surface area contributed by atoms with E-state index in [9.17, 15) is 9.59 Å². The number of nitrogens with one attached hydrogen (secondary N) is 2. The number of rotatable bonds is 5. The van der Waals surface area contributed by atoms with Gasteiger partial charge in [-0.05, 0) is 12.1 Å². The maximum absolute atomic E-state index is 11.0. The molecule has 0 aliphatic carbocycles. The first-order valence-corrected chi connectivity index (χ1v) is 5.84. The average Bonchev–Trinajstić information content (AvgIpc) is 2.35. The lowest BCUT2D eigenvalue weighted by atomic mass is 9.86. The van der Waals surface area contributed by atoms with Gasteiger partial charge in [-0.2, -0.15) is 0 Å². The summed E-state index contributed by atoms with van der Waals surface area (Å²) in [6.45, 7) is 5.76. The molecule has 0 fully saturated rings. The smallest absolute Gasteiger partial charge is 0.216 e. The van der Waals surface area contributed by atoms with Crippen molar-refractivity contribution in [3.05, 3.63) is 30.1 Å². The Hall–Kier alpha value is -1.91. The van der Waals surface area contributed by atoms with Gasteiger partial charge >= 0.3 is 0 Å². The number of nitrogens with zero attached hydrogens (tertiary/aromatic N) is 1. The van der Waals surface area contributed by atoms with Crippen molar-refractivity contribution < 1.29 is 9.59 Å². The lowest BCUT2D eigenvalue weighted by molar-refractivity contribution is -0.119. The van der Waals surface area contributed by atoms with E-state index in [1.54, 1.807) is 6.20 Å². The van der Waals surface area contributed by atoms with Crippen LogP contribution in [0.1, 0.15) is 26.5 Å². The summed E-state index contributed by atoms with van der Waals surface area (Å²) in [4.78, 5) is 26.4. The molecule has 5 nitrogen and oxygen atoms in total. The van der Waals surface area contributed by atoms with Crippen LogP contribution in [0.4, 0.5) is 0 Å². The minimum atomic E-state index is -0.418. The Balaban J connectivity index is 2.86. The summed E-state index contributed by atoms with van der Waals surface area (Å²) in [5, 5.41) is 5.56. The Bertz CT molecular complexity index is 400. The van der Waals surface area contributed by atoms with Gasteiger partial charge in [-0.25, -0.2) is 0 Å². The van der Waals surface area contributed by atoms with Crippen molar-refractivity contribution in [3.63, 3.8) is 0 Å². The summed E-state index contributed by atoms with van der Waals surface area (Å²) in [5.74, 6) is -0.194. The molecule has 1 heterocycles. The molecular formula is C13H19N3O2. The lowest BCUT2D eigenvalue weighted by Gasteiger charge is -2.29. The van der Waals surface area contributed by atoms with Crippen molar-refractivity contribution in [1.29, 1.82) is 0 Å². The minimum Gasteiger partial charge on any atom is -0.355 e. The molecule has 2 amide bonds. The molecule has 98 valence electrons. The van der Waals surface area contributed by atoms with Gasteiger partial charge in [-0.3, -0.25) is 14.6 Å². The maximum atomic E-state index is 11.0. The van der Waals surface area contributed by atoms with Crippen LogP contribution in [0, 0.1) is 0 Å². The summed E-state index contributed by atoms with van der Waals surface area (Å²) in [6, 6.07) is 5.62. The molecule has 5 heteroatoms. The van der Waals surface area contributed by atoms with Crippen molar-refractivity contribution >= 4 is 11.8 Å². The summed E-state index contributed by atoms with van der Waals surface area (Å²) < 4.78 is 0. The van der Waals surface area contributed by atoms with Gasteiger partial charge < -0.3 is 10.6 Å². The predicted molar refractivity (Wildman–Crippen MR) is 69.0 cm³/mol. The first kappa shape index (κ1) is 14.2. The lowest BCUT2D eigenvalue weighted by Crippen LogP contribution is -2.46. The minimum absolute atomic E-state index is 0.0972. The Morgan fingerprint density at radius 2 is 1.72 bits per heavy atom. The fraction of sp³-hybridized carbons (Fsp3) is 0.462. The number of hydrogen-bond donors (Lipinski definition) is 2. The van der Waals surface area contributed by atoms with E-state index in [0.29, 0.717) is 13.1 Å². The van der Waals surface area contributed by atoms with Crippen LogP contribution in [0.5, 0.6) is 0 Å². The monoisotopic (exact) mass is 249 g/mol. The Morgan fingerprint density at radius 1 is 1.17 bits per heavy atom. The van der Waals surface area contributed by atoms with Crippen molar-refractivity contribution in [1.82, 2.24) is 15.6 Å². The zero-order valence-electron chi connectivity index (χ0n) is 11.0. The maximum Gasteiger partial charge on any atom is 0.216 e. The first-order valence-electron chi connectivity index (χ1n) is 5.84. The van der Waals surface area contributed by atoms with Crippen LogP contribution < -0.4 is 10.6 Å². The van der Waals surface area contributed by atoms with Crippen LogP contribution in [-0.2, 0) is 15.0 Å². The quantitative estimate of drug-likeness (QED) is 0.803. The van der Waals surface area contributed by atoms with Gasteiger partial charge in [0.05, 0.1) is 0 Å². The van der Waals surface area contributed by atoms with Gasteiger partial charge in [0.15, 0.2) is 0 Å². The van der Waals surface area contributed by atoms with Gasteiger partial charge in [0.2, 0.25) is 11.8 Å². The van der Waals surface area contributed by atoms with Crippen molar-refractivity contribution in [2.75, 3.05) is 13.1 Å². The molecular weight excluding hydrogens is 230 g/mol. The zero-order valence-corrected chi connectivity index (χ0v) is 11.0. The molecule has 0 atom stereocenters. The average molecular weight is 249 g/mol. The highest BCUT2D eigenvalue weighted by atomic mass is 16.2. The molecule has 18 heavy (non-hydrogen) atoms. The molecule has 0 aromatic carbocycles. The van der Waals surface area contributed by atoms with Gasteiger partial charge in [0.1, 0.15) is 0 Å². The number of carbonyl (C=O) groups excluding carboxylic acids is 2. The number of pyridine rings is 1. The van der Waals surface area contributed by atoms with Crippen molar-refractivity contribution in [2.45, 2.75) is 26.2 Å². The van der Waals surface area contributed by atoms with E-state index in [1.165, 1.54) is 13.8 Å². The number of amides is 2. The molecule has 0 radical (unpaired) electrons. The standard InChI is InChI=1S/C13H19N3O2/c1-10(17)15-8-13(3,9-16-11(2)18)12-6-4-5-7-14-12/h4-7H,8-9H2,1-3H3,(H,15,17)(H,16,18). The Labute approximate surface area is 107 Å². The van der Waals surface area contributed by atoms with Crippen LogP contribution in [-0.4, -0.2) is 29.9 Å². The SMILES string of the molecule is CC(=O)NCC(C)(CNC(C)=O)c1ccccn1. The normalized spacial score (nSPS) is 10.8. The number of carbonyl (C=O) groups is 2. The van der Waals surface area contributed by atoms with Crippen LogP contribution in [0.25, 0.3) is 0 Å². The van der Waals surface area contributed by atoms with Gasteiger partial charge in [-0.15, -0.1) is 0 Å².